The van der Waals surface area contributed by atoms with Crippen molar-refractivity contribution in [1.82, 2.24) is 0 Å². The summed E-state index contributed by atoms with van der Waals surface area (Å²) in [6, 6.07) is 25.5. The van der Waals surface area contributed by atoms with E-state index in [0.717, 1.165) is 22.6 Å². The Morgan fingerprint density at radius 2 is 1.45 bits per heavy atom. The normalized spacial score (nSPS) is 13.9. The van der Waals surface area contributed by atoms with Crippen LogP contribution in [-0.2, 0) is 0 Å². The predicted octanol–water partition coefficient (Wildman–Crippen LogP) is 5.69. The molecule has 3 aromatic rings. The molecular weight excluding hydrogens is 364 g/mol. The molecule has 0 unspecified atom stereocenters. The summed E-state index contributed by atoms with van der Waals surface area (Å²) in [5, 5.41) is 15.7. The summed E-state index contributed by atoms with van der Waals surface area (Å²) in [4.78, 5) is 12.2. The van der Waals surface area contributed by atoms with Crippen LogP contribution in [0.25, 0.3) is 0 Å². The minimum absolute atomic E-state index is 0.143. The SMILES string of the molecule is CC[C@H](c1ccccc1)[C@H]([C@H](Nc1ccc(OC)cc1)c1ccccc1)[N+](=O)[O-]. The van der Waals surface area contributed by atoms with Crippen LogP contribution in [0.5, 0.6) is 5.75 Å². The highest BCUT2D eigenvalue weighted by atomic mass is 16.6. The molecule has 3 rings (SSSR count). The zero-order valence-corrected chi connectivity index (χ0v) is 16.7. The first-order chi connectivity index (χ1) is 14.1. The molecule has 3 atom stereocenters. The zero-order chi connectivity index (χ0) is 20.6. The number of methoxy groups -OCH3 is 1. The fourth-order valence-corrected chi connectivity index (χ4v) is 3.77. The molecule has 0 aromatic heterocycles. The third-order valence-corrected chi connectivity index (χ3v) is 5.24. The van der Waals surface area contributed by atoms with E-state index in [2.05, 4.69) is 5.32 Å². The lowest BCUT2D eigenvalue weighted by Crippen LogP contribution is -2.37. The van der Waals surface area contributed by atoms with Crippen LogP contribution in [0.15, 0.2) is 84.9 Å². The summed E-state index contributed by atoms with van der Waals surface area (Å²) in [6.45, 7) is 2.00. The molecule has 0 spiro atoms. The number of hydrogen-bond donors (Lipinski definition) is 1. The van der Waals surface area contributed by atoms with Gasteiger partial charge in [0, 0.05) is 10.6 Å². The molecule has 5 heteroatoms. The highest BCUT2D eigenvalue weighted by molar-refractivity contribution is 5.49. The van der Waals surface area contributed by atoms with Crippen molar-refractivity contribution >= 4 is 5.69 Å². The van der Waals surface area contributed by atoms with Crippen molar-refractivity contribution in [2.75, 3.05) is 12.4 Å². The Bertz CT molecular complexity index is 898. The Hall–Kier alpha value is -3.34. The number of nitrogens with one attached hydrogen (secondary N) is 1. The van der Waals surface area contributed by atoms with Crippen molar-refractivity contribution in [3.63, 3.8) is 0 Å². The predicted molar refractivity (Wildman–Crippen MR) is 116 cm³/mol. The van der Waals surface area contributed by atoms with E-state index in [0.29, 0.717) is 6.42 Å². The van der Waals surface area contributed by atoms with Gasteiger partial charge in [0.25, 0.3) is 0 Å². The van der Waals surface area contributed by atoms with Gasteiger partial charge in [-0.25, -0.2) is 0 Å². The Balaban J connectivity index is 2.02. The summed E-state index contributed by atoms with van der Waals surface area (Å²) in [6.07, 6.45) is 0.670. The number of hydrogen-bond acceptors (Lipinski definition) is 4. The third kappa shape index (κ3) is 4.93. The van der Waals surface area contributed by atoms with E-state index in [1.165, 1.54) is 0 Å². The van der Waals surface area contributed by atoms with Crippen molar-refractivity contribution in [1.29, 1.82) is 0 Å². The van der Waals surface area contributed by atoms with Crippen LogP contribution in [0.1, 0.15) is 36.4 Å². The topological polar surface area (TPSA) is 64.4 Å². The second kappa shape index (κ2) is 9.73. The lowest BCUT2D eigenvalue weighted by atomic mass is 9.83. The summed E-state index contributed by atoms with van der Waals surface area (Å²) in [7, 11) is 1.61. The van der Waals surface area contributed by atoms with E-state index in [1.807, 2.05) is 91.9 Å². The molecule has 3 aromatic carbocycles. The second-order valence-electron chi connectivity index (χ2n) is 6.96. The van der Waals surface area contributed by atoms with Crippen LogP contribution in [-0.4, -0.2) is 18.1 Å². The van der Waals surface area contributed by atoms with Crippen LogP contribution in [0.3, 0.4) is 0 Å². The van der Waals surface area contributed by atoms with Gasteiger partial charge in [-0.1, -0.05) is 67.6 Å². The summed E-state index contributed by atoms with van der Waals surface area (Å²) in [5.41, 5.74) is 2.68. The first-order valence-corrected chi connectivity index (χ1v) is 9.78. The Morgan fingerprint density at radius 1 is 0.897 bits per heavy atom. The maximum absolute atomic E-state index is 12.3. The molecule has 0 aliphatic heterocycles. The van der Waals surface area contributed by atoms with Crippen LogP contribution in [0, 0.1) is 10.1 Å². The van der Waals surface area contributed by atoms with E-state index >= 15 is 0 Å². The molecular formula is C24H26N2O3. The summed E-state index contributed by atoms with van der Waals surface area (Å²) >= 11 is 0. The number of anilines is 1. The van der Waals surface area contributed by atoms with Crippen LogP contribution in [0.4, 0.5) is 5.69 Å². The minimum atomic E-state index is -0.827. The monoisotopic (exact) mass is 390 g/mol. The molecule has 0 bridgehead atoms. The average molecular weight is 390 g/mol. The lowest BCUT2D eigenvalue weighted by Gasteiger charge is -2.29. The van der Waals surface area contributed by atoms with Gasteiger partial charge in [0.15, 0.2) is 0 Å². The molecule has 0 aliphatic rings. The molecule has 0 fully saturated rings. The van der Waals surface area contributed by atoms with E-state index in [-0.39, 0.29) is 10.8 Å². The summed E-state index contributed by atoms with van der Waals surface area (Å²) < 4.78 is 5.22. The van der Waals surface area contributed by atoms with Gasteiger partial charge in [0.1, 0.15) is 11.8 Å². The molecule has 1 N–H and O–H groups in total. The van der Waals surface area contributed by atoms with Gasteiger partial charge < -0.3 is 10.1 Å². The van der Waals surface area contributed by atoms with Crippen LogP contribution < -0.4 is 10.1 Å². The number of nitrogens with zero attached hydrogens (tertiary/aromatic N) is 1. The van der Waals surface area contributed by atoms with Gasteiger partial charge in [0.05, 0.1) is 13.0 Å². The van der Waals surface area contributed by atoms with E-state index in [9.17, 15) is 10.1 Å². The van der Waals surface area contributed by atoms with Gasteiger partial charge in [-0.15, -0.1) is 0 Å². The minimum Gasteiger partial charge on any atom is -0.497 e. The zero-order valence-electron chi connectivity index (χ0n) is 16.7. The molecule has 0 saturated carbocycles. The maximum Gasteiger partial charge on any atom is 0.243 e. The highest BCUT2D eigenvalue weighted by Crippen LogP contribution is 2.35. The molecule has 0 saturated heterocycles. The molecule has 5 nitrogen and oxygen atoms in total. The molecule has 0 amide bonds. The van der Waals surface area contributed by atoms with Gasteiger partial charge >= 0.3 is 0 Å². The van der Waals surface area contributed by atoms with Gasteiger partial charge in [-0.2, -0.15) is 0 Å². The Kier molecular flexibility index (Phi) is 6.85. The second-order valence-corrected chi connectivity index (χ2v) is 6.96. The van der Waals surface area contributed by atoms with Crippen molar-refractivity contribution in [2.24, 2.45) is 0 Å². The largest absolute Gasteiger partial charge is 0.497 e. The molecule has 0 aliphatic carbocycles. The van der Waals surface area contributed by atoms with Crippen LogP contribution in [0.2, 0.25) is 0 Å². The van der Waals surface area contributed by atoms with E-state index in [4.69, 9.17) is 4.74 Å². The number of nitro groups is 1. The molecule has 29 heavy (non-hydrogen) atoms. The van der Waals surface area contributed by atoms with Crippen LogP contribution >= 0.6 is 0 Å². The molecule has 150 valence electrons. The maximum atomic E-state index is 12.3. The number of benzene rings is 3. The van der Waals surface area contributed by atoms with Gasteiger partial charge in [-0.3, -0.25) is 10.1 Å². The Morgan fingerprint density at radius 3 is 1.93 bits per heavy atom. The summed E-state index contributed by atoms with van der Waals surface area (Å²) in [5.74, 6) is 0.524. The number of rotatable bonds is 9. The molecule has 0 radical (unpaired) electrons. The van der Waals surface area contributed by atoms with E-state index in [1.54, 1.807) is 7.11 Å². The lowest BCUT2D eigenvalue weighted by molar-refractivity contribution is -0.530. The first kappa shape index (κ1) is 20.4. The fraction of sp³-hybridized carbons (Fsp3) is 0.250. The third-order valence-electron chi connectivity index (χ3n) is 5.24. The fourth-order valence-electron chi connectivity index (χ4n) is 3.77. The highest BCUT2D eigenvalue weighted by Gasteiger charge is 2.40. The smallest absolute Gasteiger partial charge is 0.243 e. The van der Waals surface area contributed by atoms with Crippen molar-refractivity contribution < 1.29 is 9.66 Å². The van der Waals surface area contributed by atoms with Crippen molar-refractivity contribution in [3.8, 4) is 5.75 Å². The van der Waals surface area contributed by atoms with Crippen molar-refractivity contribution in [3.05, 3.63) is 106 Å². The van der Waals surface area contributed by atoms with Gasteiger partial charge in [0.2, 0.25) is 6.04 Å². The first-order valence-electron chi connectivity index (χ1n) is 9.78. The number of ether oxygens (including phenoxy) is 1. The van der Waals surface area contributed by atoms with Gasteiger partial charge in [-0.05, 0) is 41.8 Å². The quantitative estimate of drug-likeness (QED) is 0.377. The van der Waals surface area contributed by atoms with Crippen molar-refractivity contribution in [2.45, 2.75) is 31.3 Å². The average Bonchev–Trinajstić information content (AvgIpc) is 2.77. The van der Waals surface area contributed by atoms with E-state index < -0.39 is 12.1 Å². The Labute approximate surface area is 171 Å². The molecule has 0 heterocycles. The standard InChI is InChI=1S/C24H26N2O3/c1-3-22(18-10-6-4-7-11-18)24(26(27)28)23(19-12-8-5-9-13-19)25-20-14-16-21(29-2)17-15-20/h4-17,22-25H,3H2,1-2H3/t22-,23-,24-/m1/s1.